The Morgan fingerprint density at radius 3 is 1.94 bits per heavy atom. The van der Waals surface area contributed by atoms with Crippen LogP contribution in [0.5, 0.6) is 0 Å². The molecular weight excluding hydrogens is 226 g/mol. The van der Waals surface area contributed by atoms with Gasteiger partial charge in [-0.25, -0.2) is 0 Å². The number of nitrogens with zero attached hydrogens (tertiary/aromatic N) is 1. The zero-order valence-electron chi connectivity index (χ0n) is 12.0. The fourth-order valence-electron chi connectivity index (χ4n) is 1.57. The Morgan fingerprint density at radius 2 is 1.56 bits per heavy atom. The van der Waals surface area contributed by atoms with Gasteiger partial charge < -0.3 is 5.11 Å². The number of aliphatic hydroxyl groups is 1. The van der Waals surface area contributed by atoms with E-state index in [1.807, 2.05) is 12.1 Å². The normalized spacial score (nSPS) is 13.1. The average molecular weight is 250 g/mol. The molecule has 0 fully saturated rings. The van der Waals surface area contributed by atoms with Crippen molar-refractivity contribution >= 4 is 0 Å². The van der Waals surface area contributed by atoms with E-state index in [2.05, 4.69) is 32.9 Å². The molecule has 0 aromatic heterocycles. The van der Waals surface area contributed by atoms with Crippen LogP contribution in [0, 0.1) is 0 Å². The number of hydrogen-bond acceptors (Lipinski definition) is 2. The van der Waals surface area contributed by atoms with Crippen LogP contribution in [0.4, 0.5) is 0 Å². The average Bonchev–Trinajstić information content (AvgIpc) is 2.28. The fraction of sp³-hybridized carbons (Fsp3) is 0.600. The van der Waals surface area contributed by atoms with Crippen LogP contribution in [0.3, 0.4) is 0 Å². The predicted molar refractivity (Wildman–Crippen MR) is 72.5 cm³/mol. The Bertz CT molecular complexity index is 376. The molecule has 0 saturated heterocycles. The van der Waals surface area contributed by atoms with Crippen LogP contribution in [-0.4, -0.2) is 22.3 Å². The molecule has 0 saturated carbocycles. The molecular formula is C15H24NO2. The Kier molecular flexibility index (Phi) is 4.54. The second-order valence-electron chi connectivity index (χ2n) is 6.45. The van der Waals surface area contributed by atoms with Gasteiger partial charge in [0.05, 0.1) is 18.7 Å². The summed E-state index contributed by atoms with van der Waals surface area (Å²) in [6.45, 7) is 10.1. The molecule has 3 heteroatoms. The molecule has 0 amide bonds. The van der Waals surface area contributed by atoms with Crippen molar-refractivity contribution in [1.29, 1.82) is 0 Å². The molecule has 0 heterocycles. The maximum Gasteiger partial charge on any atom is 0.0671 e. The molecule has 1 aromatic rings. The van der Waals surface area contributed by atoms with Gasteiger partial charge in [-0.3, -0.25) is 0 Å². The molecule has 101 valence electrons. The lowest BCUT2D eigenvalue weighted by molar-refractivity contribution is -0.233. The van der Waals surface area contributed by atoms with E-state index in [1.165, 1.54) is 5.56 Å². The summed E-state index contributed by atoms with van der Waals surface area (Å²) in [5, 5.41) is 22.0. The highest BCUT2D eigenvalue weighted by molar-refractivity contribution is 5.27. The molecule has 1 N–H and O–H groups in total. The van der Waals surface area contributed by atoms with Crippen LogP contribution in [-0.2, 0) is 17.2 Å². The molecule has 0 unspecified atom stereocenters. The van der Waals surface area contributed by atoms with Crippen molar-refractivity contribution in [2.75, 3.05) is 6.61 Å². The van der Waals surface area contributed by atoms with Crippen LogP contribution in [0.25, 0.3) is 0 Å². The minimum absolute atomic E-state index is 0.125. The zero-order valence-corrected chi connectivity index (χ0v) is 12.0. The van der Waals surface area contributed by atoms with Gasteiger partial charge in [-0.1, -0.05) is 45.0 Å². The summed E-state index contributed by atoms with van der Waals surface area (Å²) < 4.78 is 0. The SMILES string of the molecule is CC(C)(C)c1ccc(CN([O])C(C)(C)CO)cc1. The Hall–Kier alpha value is -0.900. The van der Waals surface area contributed by atoms with E-state index < -0.39 is 5.54 Å². The smallest absolute Gasteiger partial charge is 0.0671 e. The number of hydrogen-bond donors (Lipinski definition) is 1. The lowest BCUT2D eigenvalue weighted by Gasteiger charge is -2.29. The second-order valence-corrected chi connectivity index (χ2v) is 6.45. The highest BCUT2D eigenvalue weighted by Crippen LogP contribution is 2.23. The van der Waals surface area contributed by atoms with Crippen LogP contribution in [0.1, 0.15) is 45.7 Å². The molecule has 18 heavy (non-hydrogen) atoms. The van der Waals surface area contributed by atoms with Gasteiger partial charge in [-0.15, -0.1) is 10.3 Å². The minimum Gasteiger partial charge on any atom is -0.394 e. The summed E-state index contributed by atoms with van der Waals surface area (Å²) in [5.41, 5.74) is 1.62. The van der Waals surface area contributed by atoms with E-state index in [4.69, 9.17) is 5.11 Å². The molecule has 3 nitrogen and oxygen atoms in total. The summed E-state index contributed by atoms with van der Waals surface area (Å²) in [6, 6.07) is 8.10. The first kappa shape index (κ1) is 15.2. The third kappa shape index (κ3) is 3.80. The van der Waals surface area contributed by atoms with E-state index in [0.29, 0.717) is 6.54 Å². The van der Waals surface area contributed by atoms with Crippen molar-refractivity contribution in [3.8, 4) is 0 Å². The van der Waals surface area contributed by atoms with Crippen LogP contribution in [0.2, 0.25) is 0 Å². The number of hydroxylamine groups is 2. The first-order valence-electron chi connectivity index (χ1n) is 6.32. The predicted octanol–water partition coefficient (Wildman–Crippen LogP) is 2.90. The lowest BCUT2D eigenvalue weighted by Crippen LogP contribution is -2.43. The van der Waals surface area contributed by atoms with Crippen LogP contribution in [0.15, 0.2) is 24.3 Å². The van der Waals surface area contributed by atoms with Gasteiger partial charge >= 0.3 is 0 Å². The molecule has 0 bridgehead atoms. The van der Waals surface area contributed by atoms with Gasteiger partial charge in [0.15, 0.2) is 0 Å². The minimum atomic E-state index is -0.733. The Balaban J connectivity index is 2.76. The van der Waals surface area contributed by atoms with Crippen molar-refractivity contribution < 1.29 is 10.3 Å². The van der Waals surface area contributed by atoms with Crippen molar-refractivity contribution in [3.05, 3.63) is 35.4 Å². The van der Waals surface area contributed by atoms with Crippen LogP contribution < -0.4 is 0 Å². The molecule has 1 rings (SSSR count). The number of rotatable bonds is 4. The topological polar surface area (TPSA) is 43.4 Å². The van der Waals surface area contributed by atoms with Crippen molar-refractivity contribution in [1.82, 2.24) is 5.06 Å². The summed E-state index contributed by atoms with van der Waals surface area (Å²) in [5.74, 6) is 0. The molecule has 1 radical (unpaired) electrons. The monoisotopic (exact) mass is 250 g/mol. The van der Waals surface area contributed by atoms with Gasteiger partial charge in [-0.2, -0.15) is 0 Å². The van der Waals surface area contributed by atoms with Crippen LogP contribution >= 0.6 is 0 Å². The first-order chi connectivity index (χ1) is 8.16. The standard InChI is InChI=1S/C15H24NO2/c1-14(2,3)13-8-6-12(7-9-13)10-16(18)15(4,5)11-17/h6-9,17H,10-11H2,1-5H3. The maximum atomic E-state index is 11.9. The summed E-state index contributed by atoms with van der Waals surface area (Å²) >= 11 is 0. The molecule has 0 aliphatic rings. The van der Waals surface area contributed by atoms with E-state index >= 15 is 0 Å². The van der Waals surface area contributed by atoms with E-state index in [9.17, 15) is 5.21 Å². The highest BCUT2D eigenvalue weighted by Gasteiger charge is 2.26. The number of benzene rings is 1. The molecule has 0 aliphatic heterocycles. The second kappa shape index (κ2) is 5.39. The molecule has 0 atom stereocenters. The third-order valence-electron chi connectivity index (χ3n) is 3.21. The Morgan fingerprint density at radius 1 is 1.06 bits per heavy atom. The van der Waals surface area contributed by atoms with Crippen molar-refractivity contribution in [3.63, 3.8) is 0 Å². The fourth-order valence-corrected chi connectivity index (χ4v) is 1.57. The maximum absolute atomic E-state index is 11.9. The Labute approximate surface area is 110 Å². The van der Waals surface area contributed by atoms with Crippen molar-refractivity contribution in [2.45, 2.75) is 52.1 Å². The molecule has 0 spiro atoms. The molecule has 1 aromatic carbocycles. The van der Waals surface area contributed by atoms with E-state index in [1.54, 1.807) is 13.8 Å². The van der Waals surface area contributed by atoms with E-state index in [-0.39, 0.29) is 12.0 Å². The van der Waals surface area contributed by atoms with Gasteiger partial charge in [0, 0.05) is 0 Å². The third-order valence-corrected chi connectivity index (χ3v) is 3.21. The van der Waals surface area contributed by atoms with Gasteiger partial charge in [-0.05, 0) is 30.4 Å². The summed E-state index contributed by atoms with van der Waals surface area (Å²) in [7, 11) is 0. The summed E-state index contributed by atoms with van der Waals surface area (Å²) in [6.07, 6.45) is 0. The largest absolute Gasteiger partial charge is 0.394 e. The van der Waals surface area contributed by atoms with Gasteiger partial charge in [0.25, 0.3) is 0 Å². The van der Waals surface area contributed by atoms with Gasteiger partial charge in [0.2, 0.25) is 0 Å². The van der Waals surface area contributed by atoms with E-state index in [0.717, 1.165) is 10.6 Å². The molecule has 0 aliphatic carbocycles. The number of aliphatic hydroxyl groups excluding tert-OH is 1. The van der Waals surface area contributed by atoms with Gasteiger partial charge in [0.1, 0.15) is 0 Å². The lowest BCUT2D eigenvalue weighted by atomic mass is 9.86. The quantitative estimate of drug-likeness (QED) is 0.835. The van der Waals surface area contributed by atoms with Crippen molar-refractivity contribution in [2.24, 2.45) is 0 Å². The zero-order chi connectivity index (χ0) is 14.0. The first-order valence-corrected chi connectivity index (χ1v) is 6.32. The highest BCUT2D eigenvalue weighted by atomic mass is 16.5. The summed E-state index contributed by atoms with van der Waals surface area (Å²) in [4.78, 5) is 0.